The fourth-order valence-corrected chi connectivity index (χ4v) is 2.56. The van der Waals surface area contributed by atoms with Crippen LogP contribution in [0.25, 0.3) is 0 Å². The van der Waals surface area contributed by atoms with E-state index in [1.807, 2.05) is 0 Å². The summed E-state index contributed by atoms with van der Waals surface area (Å²) in [7, 11) is 1.53. The van der Waals surface area contributed by atoms with E-state index in [0.29, 0.717) is 16.5 Å². The number of carbonyl (C=O) groups is 1. The molecule has 2 rings (SSSR count). The molecule has 1 aromatic rings. The van der Waals surface area contributed by atoms with Gasteiger partial charge < -0.3 is 20.5 Å². The number of urea groups is 1. The zero-order valence-electron chi connectivity index (χ0n) is 11.4. The van der Waals surface area contributed by atoms with Crippen molar-refractivity contribution >= 4 is 23.3 Å². The Kier molecular flexibility index (Phi) is 5.09. The van der Waals surface area contributed by atoms with Gasteiger partial charge in [0.2, 0.25) is 0 Å². The van der Waals surface area contributed by atoms with Crippen molar-refractivity contribution < 1.29 is 14.6 Å². The molecule has 6 heteroatoms. The number of rotatable bonds is 3. The third-order valence-corrected chi connectivity index (χ3v) is 3.69. The van der Waals surface area contributed by atoms with E-state index in [0.717, 1.165) is 25.7 Å². The van der Waals surface area contributed by atoms with Gasteiger partial charge in [-0.1, -0.05) is 24.4 Å². The van der Waals surface area contributed by atoms with Gasteiger partial charge in [-0.3, -0.25) is 0 Å². The van der Waals surface area contributed by atoms with Gasteiger partial charge in [0, 0.05) is 5.02 Å². The zero-order chi connectivity index (χ0) is 14.5. The van der Waals surface area contributed by atoms with Crippen molar-refractivity contribution in [2.45, 2.75) is 37.8 Å². The van der Waals surface area contributed by atoms with E-state index in [4.69, 9.17) is 16.3 Å². The summed E-state index contributed by atoms with van der Waals surface area (Å²) in [4.78, 5) is 12.0. The summed E-state index contributed by atoms with van der Waals surface area (Å²) in [6.07, 6.45) is 3.06. The number of carbonyl (C=O) groups excluding carboxylic acids is 1. The predicted octanol–water partition coefficient (Wildman–Crippen LogP) is 2.77. The molecule has 0 aliphatic heterocycles. The minimum Gasteiger partial charge on any atom is -0.495 e. The average molecular weight is 299 g/mol. The van der Waals surface area contributed by atoms with Crippen molar-refractivity contribution in [3.8, 4) is 5.75 Å². The van der Waals surface area contributed by atoms with Gasteiger partial charge in [0.25, 0.3) is 0 Å². The summed E-state index contributed by atoms with van der Waals surface area (Å²) in [5.74, 6) is 0.536. The standard InChI is InChI=1S/C14H19ClN2O3/c1-20-13-7-6-9(15)8-11(13)17-14(19)16-10-4-2-3-5-12(10)18/h6-8,10,12,18H,2-5H2,1H3,(H2,16,17,19). The smallest absolute Gasteiger partial charge is 0.319 e. The highest BCUT2D eigenvalue weighted by atomic mass is 35.5. The van der Waals surface area contributed by atoms with E-state index < -0.39 is 6.10 Å². The van der Waals surface area contributed by atoms with Gasteiger partial charge in [-0.2, -0.15) is 0 Å². The minimum absolute atomic E-state index is 0.200. The lowest BCUT2D eigenvalue weighted by atomic mass is 9.93. The van der Waals surface area contributed by atoms with Crippen LogP contribution in [0.4, 0.5) is 10.5 Å². The molecule has 0 spiro atoms. The first-order valence-corrected chi connectivity index (χ1v) is 7.07. The Hall–Kier alpha value is -1.46. The second-order valence-electron chi connectivity index (χ2n) is 4.90. The van der Waals surface area contributed by atoms with Crippen LogP contribution in [0, 0.1) is 0 Å². The number of hydrogen-bond acceptors (Lipinski definition) is 3. The lowest BCUT2D eigenvalue weighted by Gasteiger charge is -2.28. The molecule has 0 bridgehead atoms. The summed E-state index contributed by atoms with van der Waals surface area (Å²) >= 11 is 5.91. The molecule has 2 atom stereocenters. The van der Waals surface area contributed by atoms with E-state index in [-0.39, 0.29) is 12.1 Å². The maximum Gasteiger partial charge on any atom is 0.319 e. The topological polar surface area (TPSA) is 70.6 Å². The maximum atomic E-state index is 12.0. The van der Waals surface area contributed by atoms with E-state index in [2.05, 4.69) is 10.6 Å². The van der Waals surface area contributed by atoms with Crippen molar-refractivity contribution in [2.24, 2.45) is 0 Å². The van der Waals surface area contributed by atoms with E-state index in [1.165, 1.54) is 7.11 Å². The lowest BCUT2D eigenvalue weighted by Crippen LogP contribution is -2.46. The summed E-state index contributed by atoms with van der Waals surface area (Å²) in [5, 5.41) is 15.8. The fraction of sp³-hybridized carbons (Fsp3) is 0.500. The Morgan fingerprint density at radius 3 is 2.85 bits per heavy atom. The average Bonchev–Trinajstić information content (AvgIpc) is 2.41. The number of anilines is 1. The molecule has 1 saturated carbocycles. The molecule has 20 heavy (non-hydrogen) atoms. The molecule has 1 aliphatic rings. The van der Waals surface area contributed by atoms with Crippen LogP contribution in [0.2, 0.25) is 5.02 Å². The Balaban J connectivity index is 1.99. The van der Waals surface area contributed by atoms with Gasteiger partial charge in [0.05, 0.1) is 24.9 Å². The Bertz CT molecular complexity index is 481. The molecule has 0 heterocycles. The van der Waals surface area contributed by atoms with Crippen molar-refractivity contribution in [1.82, 2.24) is 5.32 Å². The monoisotopic (exact) mass is 298 g/mol. The van der Waals surface area contributed by atoms with E-state index >= 15 is 0 Å². The molecule has 5 nitrogen and oxygen atoms in total. The second-order valence-corrected chi connectivity index (χ2v) is 5.34. The summed E-state index contributed by atoms with van der Waals surface area (Å²) < 4.78 is 5.16. The first-order chi connectivity index (χ1) is 9.60. The predicted molar refractivity (Wildman–Crippen MR) is 78.4 cm³/mol. The normalized spacial score (nSPS) is 22.1. The molecular formula is C14H19ClN2O3. The van der Waals surface area contributed by atoms with Crippen LogP contribution < -0.4 is 15.4 Å². The van der Waals surface area contributed by atoms with Crippen LogP contribution in [0.1, 0.15) is 25.7 Å². The number of aliphatic hydroxyl groups excluding tert-OH is 1. The van der Waals surface area contributed by atoms with Crippen molar-refractivity contribution in [2.75, 3.05) is 12.4 Å². The number of halogens is 1. The fourth-order valence-electron chi connectivity index (χ4n) is 2.38. The third-order valence-electron chi connectivity index (χ3n) is 3.46. The van der Waals surface area contributed by atoms with Crippen LogP contribution in [-0.4, -0.2) is 30.4 Å². The molecule has 1 aliphatic carbocycles. The van der Waals surface area contributed by atoms with Crippen LogP contribution in [-0.2, 0) is 0 Å². The van der Waals surface area contributed by atoms with Crippen LogP contribution in [0.5, 0.6) is 5.75 Å². The van der Waals surface area contributed by atoms with Crippen molar-refractivity contribution in [1.29, 1.82) is 0 Å². The largest absolute Gasteiger partial charge is 0.495 e. The molecule has 1 fully saturated rings. The number of nitrogens with one attached hydrogen (secondary N) is 2. The molecule has 0 aromatic heterocycles. The minimum atomic E-state index is -0.476. The van der Waals surface area contributed by atoms with E-state index in [1.54, 1.807) is 18.2 Å². The highest BCUT2D eigenvalue weighted by Crippen LogP contribution is 2.27. The Labute approximate surface area is 123 Å². The molecular weight excluding hydrogens is 280 g/mol. The van der Waals surface area contributed by atoms with Gasteiger partial charge in [-0.25, -0.2) is 4.79 Å². The van der Waals surface area contributed by atoms with Gasteiger partial charge >= 0.3 is 6.03 Å². The highest BCUT2D eigenvalue weighted by Gasteiger charge is 2.24. The number of benzene rings is 1. The maximum absolute atomic E-state index is 12.0. The van der Waals surface area contributed by atoms with Crippen molar-refractivity contribution in [3.05, 3.63) is 23.2 Å². The summed E-state index contributed by atoms with van der Waals surface area (Å²) in [6, 6.07) is 4.43. The molecule has 110 valence electrons. The number of hydrogen-bond donors (Lipinski definition) is 3. The molecule has 3 N–H and O–H groups in total. The Morgan fingerprint density at radius 2 is 2.15 bits per heavy atom. The second kappa shape index (κ2) is 6.81. The first-order valence-electron chi connectivity index (χ1n) is 6.69. The van der Waals surface area contributed by atoms with Crippen LogP contribution in [0.3, 0.4) is 0 Å². The lowest BCUT2D eigenvalue weighted by molar-refractivity contribution is 0.0955. The quantitative estimate of drug-likeness (QED) is 0.803. The SMILES string of the molecule is COc1ccc(Cl)cc1NC(=O)NC1CCCCC1O. The van der Waals surface area contributed by atoms with Crippen LogP contribution >= 0.6 is 11.6 Å². The molecule has 0 saturated heterocycles. The highest BCUT2D eigenvalue weighted by molar-refractivity contribution is 6.31. The Morgan fingerprint density at radius 1 is 1.40 bits per heavy atom. The number of aliphatic hydroxyl groups is 1. The van der Waals surface area contributed by atoms with Crippen LogP contribution in [0.15, 0.2) is 18.2 Å². The van der Waals surface area contributed by atoms with Crippen molar-refractivity contribution in [3.63, 3.8) is 0 Å². The molecule has 2 unspecified atom stereocenters. The van der Waals surface area contributed by atoms with Gasteiger partial charge in [0.15, 0.2) is 0 Å². The zero-order valence-corrected chi connectivity index (χ0v) is 12.1. The van der Waals surface area contributed by atoms with Gasteiger partial charge in [0.1, 0.15) is 5.75 Å². The number of amides is 2. The molecule has 2 amide bonds. The first kappa shape index (κ1) is 14.9. The summed E-state index contributed by atoms with van der Waals surface area (Å²) in [5.41, 5.74) is 0.503. The summed E-state index contributed by atoms with van der Waals surface area (Å²) in [6.45, 7) is 0. The molecule has 1 aromatic carbocycles. The van der Waals surface area contributed by atoms with Gasteiger partial charge in [-0.15, -0.1) is 0 Å². The van der Waals surface area contributed by atoms with E-state index in [9.17, 15) is 9.90 Å². The number of ether oxygens (including phenoxy) is 1. The number of methoxy groups -OCH3 is 1. The third kappa shape index (κ3) is 3.77. The molecule has 0 radical (unpaired) electrons. The van der Waals surface area contributed by atoms with Gasteiger partial charge in [-0.05, 0) is 31.0 Å².